The molecule has 0 spiro atoms. The molecular weight excluding hydrogens is 368 g/mol. The number of nitrogens with zero attached hydrogens (tertiary/aromatic N) is 2. The lowest BCUT2D eigenvalue weighted by Crippen LogP contribution is -2.36. The second-order valence-corrected chi connectivity index (χ2v) is 6.92. The van der Waals surface area contributed by atoms with Gasteiger partial charge in [-0.05, 0) is 43.3 Å². The number of benzene rings is 1. The van der Waals surface area contributed by atoms with Crippen LogP contribution in [0.1, 0.15) is 25.5 Å². The first-order valence-corrected chi connectivity index (χ1v) is 9.02. The van der Waals surface area contributed by atoms with E-state index >= 15 is 0 Å². The van der Waals surface area contributed by atoms with Crippen molar-refractivity contribution in [3.8, 4) is 5.75 Å². The molecule has 0 saturated carbocycles. The largest absolute Gasteiger partial charge is 0.497 e. The number of carbonyl (C=O) groups is 2. The van der Waals surface area contributed by atoms with Crippen molar-refractivity contribution in [3.05, 3.63) is 51.7 Å². The maximum Gasteiger partial charge on any atom is 0.346 e. The Labute approximate surface area is 161 Å². The van der Waals surface area contributed by atoms with E-state index < -0.39 is 18.0 Å². The van der Waals surface area contributed by atoms with E-state index in [9.17, 15) is 9.59 Å². The van der Waals surface area contributed by atoms with Crippen LogP contribution in [0.2, 0.25) is 0 Å². The maximum atomic E-state index is 12.5. The minimum absolute atomic E-state index is 0.428. The number of carbonyl (C=O) groups excluding carboxylic acids is 2. The Morgan fingerprint density at radius 3 is 2.22 bits per heavy atom. The van der Waals surface area contributed by atoms with Gasteiger partial charge in [-0.3, -0.25) is 0 Å². The Balaban J connectivity index is 2.16. The zero-order valence-electron chi connectivity index (χ0n) is 15.7. The summed E-state index contributed by atoms with van der Waals surface area (Å²) in [4.78, 5) is 31.5. The lowest BCUT2D eigenvalue weighted by atomic mass is 9.94. The highest BCUT2D eigenvalue weighted by atomic mass is 32.2. The molecule has 27 heavy (non-hydrogen) atoms. The van der Waals surface area contributed by atoms with Crippen LogP contribution in [0.4, 0.5) is 0 Å². The monoisotopic (exact) mass is 388 g/mol. The maximum absolute atomic E-state index is 12.5. The summed E-state index contributed by atoms with van der Waals surface area (Å²) in [6, 6.07) is 6.96. The number of rotatable bonds is 4. The van der Waals surface area contributed by atoms with E-state index in [-0.39, 0.29) is 0 Å². The Bertz CT molecular complexity index is 886. The number of hydrogen-bond acceptors (Lipinski definition) is 8. The van der Waals surface area contributed by atoms with Crippen LogP contribution < -0.4 is 4.74 Å². The van der Waals surface area contributed by atoms with Gasteiger partial charge in [0.15, 0.2) is 5.17 Å². The number of amidine groups is 1. The van der Waals surface area contributed by atoms with Gasteiger partial charge in [0.25, 0.3) is 0 Å². The molecule has 1 aromatic rings. The molecule has 0 aromatic heterocycles. The number of fused-ring (bicyclic) bond motifs is 1. The Morgan fingerprint density at radius 1 is 1.04 bits per heavy atom. The second-order valence-electron chi connectivity index (χ2n) is 5.94. The first kappa shape index (κ1) is 19.0. The molecule has 0 saturated heterocycles. The molecule has 1 unspecified atom stereocenters. The number of esters is 2. The van der Waals surface area contributed by atoms with Gasteiger partial charge in [0, 0.05) is 5.70 Å². The van der Waals surface area contributed by atoms with E-state index in [1.54, 1.807) is 14.0 Å². The average Bonchev–Trinajstić information content (AvgIpc) is 3.01. The summed E-state index contributed by atoms with van der Waals surface area (Å²) in [5, 5.41) is 0.624. The third-order valence-electron chi connectivity index (χ3n) is 4.48. The lowest BCUT2D eigenvalue weighted by Gasteiger charge is -2.35. The number of methoxy groups -OCH3 is 3. The quantitative estimate of drug-likeness (QED) is 0.734. The molecular formula is C19H20N2O5S. The van der Waals surface area contributed by atoms with Crippen LogP contribution in [0.25, 0.3) is 0 Å². The number of allylic oxidation sites excluding steroid dienone is 2. The summed E-state index contributed by atoms with van der Waals surface area (Å²) in [5.41, 5.74) is 2.52. The molecule has 0 N–H and O–H groups in total. The molecule has 0 radical (unpaired) electrons. The predicted molar refractivity (Wildman–Crippen MR) is 102 cm³/mol. The second kappa shape index (κ2) is 7.48. The summed E-state index contributed by atoms with van der Waals surface area (Å²) >= 11 is 1.24. The van der Waals surface area contributed by atoms with Crippen molar-refractivity contribution < 1.29 is 23.8 Å². The van der Waals surface area contributed by atoms with Crippen molar-refractivity contribution in [2.45, 2.75) is 19.9 Å². The van der Waals surface area contributed by atoms with E-state index in [2.05, 4.69) is 4.99 Å². The first-order valence-electron chi connectivity index (χ1n) is 8.20. The van der Waals surface area contributed by atoms with Gasteiger partial charge in [-0.2, -0.15) is 0 Å². The third-order valence-corrected chi connectivity index (χ3v) is 5.62. The number of thioether (sulfide) groups is 1. The summed E-state index contributed by atoms with van der Waals surface area (Å²) in [6.07, 6.45) is 0. The molecule has 0 aliphatic carbocycles. The normalized spacial score (nSPS) is 18.9. The van der Waals surface area contributed by atoms with Gasteiger partial charge >= 0.3 is 11.9 Å². The fourth-order valence-corrected chi connectivity index (χ4v) is 4.25. The molecule has 1 atom stereocenters. The number of hydrogen-bond donors (Lipinski definition) is 0. The van der Waals surface area contributed by atoms with Gasteiger partial charge in [0.1, 0.15) is 10.7 Å². The number of aliphatic imine (C=N–C) groups is 1. The average molecular weight is 388 g/mol. The highest BCUT2D eigenvalue weighted by Crippen LogP contribution is 2.47. The molecule has 0 amide bonds. The van der Waals surface area contributed by atoms with E-state index in [1.165, 1.54) is 26.0 Å². The van der Waals surface area contributed by atoms with Gasteiger partial charge in [0.05, 0.1) is 38.6 Å². The molecule has 0 bridgehead atoms. The molecule has 1 aromatic carbocycles. The van der Waals surface area contributed by atoms with E-state index in [1.807, 2.05) is 36.1 Å². The van der Waals surface area contributed by atoms with E-state index in [0.717, 1.165) is 5.56 Å². The van der Waals surface area contributed by atoms with Gasteiger partial charge in [-0.15, -0.1) is 0 Å². The zero-order chi connectivity index (χ0) is 19.7. The number of ether oxygens (including phenoxy) is 3. The Kier molecular flexibility index (Phi) is 5.27. The van der Waals surface area contributed by atoms with E-state index in [4.69, 9.17) is 14.2 Å². The molecule has 7 nitrogen and oxygen atoms in total. The van der Waals surface area contributed by atoms with Crippen LogP contribution >= 0.6 is 11.8 Å². The van der Waals surface area contributed by atoms with Gasteiger partial charge in [-0.1, -0.05) is 12.1 Å². The van der Waals surface area contributed by atoms with Crippen molar-refractivity contribution in [2.75, 3.05) is 21.3 Å². The highest BCUT2D eigenvalue weighted by Gasteiger charge is 2.43. The lowest BCUT2D eigenvalue weighted by molar-refractivity contribution is -0.137. The molecule has 142 valence electrons. The molecule has 2 aliphatic heterocycles. The van der Waals surface area contributed by atoms with Crippen molar-refractivity contribution in [1.82, 2.24) is 4.90 Å². The van der Waals surface area contributed by atoms with Crippen LogP contribution in [0.5, 0.6) is 5.75 Å². The van der Waals surface area contributed by atoms with Crippen LogP contribution in [-0.2, 0) is 19.1 Å². The minimum Gasteiger partial charge on any atom is -0.497 e. The molecule has 0 fully saturated rings. The standard InChI is InChI=1S/C19H20N2O5S/c1-10-14(17(22)25-4)15(12-6-8-13(24-3)9-7-12)21-11(2)16(18(23)26-5)27-19(21)20-10/h6-9,15H,1-5H3. The third kappa shape index (κ3) is 3.21. The van der Waals surface area contributed by atoms with E-state index in [0.29, 0.717) is 32.8 Å². The summed E-state index contributed by atoms with van der Waals surface area (Å²) in [6.45, 7) is 3.58. The predicted octanol–water partition coefficient (Wildman–Crippen LogP) is 3.01. The van der Waals surface area contributed by atoms with Gasteiger partial charge < -0.3 is 19.1 Å². The Hall–Kier alpha value is -2.74. The fraction of sp³-hybridized carbons (Fsp3) is 0.316. The van der Waals surface area contributed by atoms with Crippen LogP contribution in [0.3, 0.4) is 0 Å². The summed E-state index contributed by atoms with van der Waals surface area (Å²) < 4.78 is 15.1. The first-order chi connectivity index (χ1) is 12.9. The van der Waals surface area contributed by atoms with Crippen LogP contribution in [0.15, 0.2) is 51.1 Å². The molecule has 8 heteroatoms. The highest BCUT2D eigenvalue weighted by molar-refractivity contribution is 8.18. The zero-order valence-corrected chi connectivity index (χ0v) is 16.5. The van der Waals surface area contributed by atoms with Crippen molar-refractivity contribution in [2.24, 2.45) is 4.99 Å². The minimum atomic E-state index is -0.467. The van der Waals surface area contributed by atoms with Gasteiger partial charge in [-0.25, -0.2) is 14.6 Å². The van der Waals surface area contributed by atoms with Crippen molar-refractivity contribution in [3.63, 3.8) is 0 Å². The summed E-state index contributed by atoms with van der Waals surface area (Å²) in [5.74, 6) is -0.178. The smallest absolute Gasteiger partial charge is 0.346 e. The Morgan fingerprint density at radius 2 is 1.67 bits per heavy atom. The van der Waals surface area contributed by atoms with Crippen molar-refractivity contribution >= 4 is 28.9 Å². The molecule has 2 aliphatic rings. The molecule has 3 rings (SSSR count). The summed E-state index contributed by atoms with van der Waals surface area (Å²) in [7, 11) is 4.28. The SMILES string of the molecule is COC(=O)C1=C(C)N2C(=NC(C)=C(C(=O)OC)C2c2ccc(OC)cc2)S1. The van der Waals surface area contributed by atoms with Crippen molar-refractivity contribution in [1.29, 1.82) is 0 Å². The topological polar surface area (TPSA) is 77.4 Å². The van der Waals surface area contributed by atoms with Gasteiger partial charge in [0.2, 0.25) is 0 Å². The van der Waals surface area contributed by atoms with Crippen LogP contribution in [0, 0.1) is 0 Å². The fourth-order valence-electron chi connectivity index (χ4n) is 3.13. The van der Waals surface area contributed by atoms with Crippen LogP contribution in [-0.4, -0.2) is 43.3 Å². The molecule has 2 heterocycles.